The predicted molar refractivity (Wildman–Crippen MR) is 69.3 cm³/mol. The topological polar surface area (TPSA) is 61.1 Å². The molecule has 5 nitrogen and oxygen atoms in total. The molecule has 114 valence electrons. The highest BCUT2D eigenvalue weighted by atomic mass is 19.3. The molecular formula is C14H14F2O5. The summed E-state index contributed by atoms with van der Waals surface area (Å²) in [7, 11) is 2.81. The van der Waals surface area contributed by atoms with Crippen LogP contribution in [0.25, 0.3) is 11.0 Å². The molecular weight excluding hydrogens is 286 g/mol. The van der Waals surface area contributed by atoms with Crippen LogP contribution in [0.1, 0.15) is 18.1 Å². The molecule has 1 N–H and O–H groups in total. The number of ether oxygens (including phenoxy) is 3. The molecule has 1 aliphatic heterocycles. The molecule has 2 aromatic rings. The fourth-order valence-corrected chi connectivity index (χ4v) is 2.65. The number of benzene rings is 1. The van der Waals surface area contributed by atoms with Crippen LogP contribution in [0.3, 0.4) is 0 Å². The molecule has 1 aromatic heterocycles. The Labute approximate surface area is 119 Å². The molecule has 1 aliphatic rings. The lowest BCUT2D eigenvalue weighted by Crippen LogP contribution is -2.32. The normalized spacial score (nSPS) is 21.2. The van der Waals surface area contributed by atoms with Crippen LogP contribution in [-0.4, -0.2) is 31.9 Å². The van der Waals surface area contributed by atoms with Crippen molar-refractivity contribution < 1.29 is 32.5 Å². The van der Waals surface area contributed by atoms with E-state index in [-0.39, 0.29) is 17.9 Å². The zero-order valence-corrected chi connectivity index (χ0v) is 11.4. The zero-order chi connectivity index (χ0) is 15.1. The van der Waals surface area contributed by atoms with Crippen molar-refractivity contribution in [2.75, 3.05) is 14.2 Å². The summed E-state index contributed by atoms with van der Waals surface area (Å²) >= 11 is 0. The van der Waals surface area contributed by atoms with Gasteiger partial charge in [0.25, 0.3) is 6.43 Å². The van der Waals surface area contributed by atoms with Gasteiger partial charge in [-0.05, 0) is 6.07 Å². The minimum absolute atomic E-state index is 0.0425. The fraction of sp³-hybridized carbons (Fsp3) is 0.429. The van der Waals surface area contributed by atoms with Crippen molar-refractivity contribution in [3.63, 3.8) is 0 Å². The number of methoxy groups -OCH3 is 2. The lowest BCUT2D eigenvalue weighted by Gasteiger charge is -2.31. The van der Waals surface area contributed by atoms with Crippen molar-refractivity contribution in [2.24, 2.45) is 0 Å². The summed E-state index contributed by atoms with van der Waals surface area (Å²) < 4.78 is 47.0. The highest BCUT2D eigenvalue weighted by Crippen LogP contribution is 2.52. The average Bonchev–Trinajstić information content (AvgIpc) is 2.93. The van der Waals surface area contributed by atoms with Gasteiger partial charge in [0.15, 0.2) is 17.4 Å². The van der Waals surface area contributed by atoms with Crippen LogP contribution in [0.2, 0.25) is 0 Å². The molecule has 21 heavy (non-hydrogen) atoms. The van der Waals surface area contributed by atoms with Crippen LogP contribution in [0.4, 0.5) is 8.78 Å². The zero-order valence-electron chi connectivity index (χ0n) is 11.4. The van der Waals surface area contributed by atoms with Gasteiger partial charge in [0.2, 0.25) is 5.75 Å². The summed E-state index contributed by atoms with van der Waals surface area (Å²) in [6, 6.07) is 1.66. The van der Waals surface area contributed by atoms with Crippen LogP contribution in [0.15, 0.2) is 16.7 Å². The number of rotatable bonds is 3. The van der Waals surface area contributed by atoms with E-state index in [4.69, 9.17) is 18.6 Å². The number of aliphatic hydroxyl groups is 1. The maximum Gasteiger partial charge on any atom is 0.274 e. The quantitative estimate of drug-likeness (QED) is 0.944. The molecule has 0 radical (unpaired) electrons. The Morgan fingerprint density at radius 2 is 2.00 bits per heavy atom. The molecule has 2 heterocycles. The molecule has 0 spiro atoms. The summed E-state index contributed by atoms with van der Waals surface area (Å²) in [6.45, 7) is 0. The minimum atomic E-state index is -2.71. The first-order valence-electron chi connectivity index (χ1n) is 6.36. The van der Waals surface area contributed by atoms with Crippen molar-refractivity contribution in [3.8, 4) is 17.2 Å². The summed E-state index contributed by atoms with van der Waals surface area (Å²) in [6.07, 6.45) is -4.03. The molecule has 2 unspecified atom stereocenters. The average molecular weight is 300 g/mol. The predicted octanol–water partition coefficient (Wildman–Crippen LogP) is 2.90. The van der Waals surface area contributed by atoms with Crippen molar-refractivity contribution in [1.82, 2.24) is 0 Å². The minimum Gasteiger partial charge on any atom is -0.495 e. The summed E-state index contributed by atoms with van der Waals surface area (Å²) in [5.41, 5.74) is 0.635. The van der Waals surface area contributed by atoms with Gasteiger partial charge in [-0.2, -0.15) is 0 Å². The van der Waals surface area contributed by atoms with Crippen molar-refractivity contribution >= 4 is 11.0 Å². The Bertz CT molecular complexity index is 667. The standard InChI is InChI=1S/C14H14F2O5/c1-18-10-6-3-4-20-11(6)13(19-2)12-9(10)7(17)5-8(21-12)14(15)16/h3-4,7-8,14,17H,5H2,1-2H3. The third-order valence-corrected chi connectivity index (χ3v) is 3.56. The molecule has 3 rings (SSSR count). The Kier molecular flexibility index (Phi) is 3.36. The SMILES string of the molecule is COc1c2c(c(OC)c3occc13)OC(C(F)F)CC2O. The summed E-state index contributed by atoms with van der Waals surface area (Å²) in [5.74, 6) is 0.561. The number of furan rings is 1. The Morgan fingerprint density at radius 1 is 1.29 bits per heavy atom. The van der Waals surface area contributed by atoms with E-state index >= 15 is 0 Å². The number of aliphatic hydroxyl groups excluding tert-OH is 1. The van der Waals surface area contributed by atoms with Gasteiger partial charge in [-0.1, -0.05) is 0 Å². The van der Waals surface area contributed by atoms with Gasteiger partial charge < -0.3 is 23.7 Å². The molecule has 0 saturated heterocycles. The van der Waals surface area contributed by atoms with Crippen LogP contribution in [-0.2, 0) is 0 Å². The molecule has 0 saturated carbocycles. The highest BCUT2D eigenvalue weighted by Gasteiger charge is 2.39. The number of fused-ring (bicyclic) bond motifs is 2. The molecule has 0 amide bonds. The second kappa shape index (κ2) is 5.07. The van der Waals surface area contributed by atoms with Crippen LogP contribution in [0.5, 0.6) is 17.2 Å². The second-order valence-corrected chi connectivity index (χ2v) is 4.71. The third kappa shape index (κ3) is 1.99. The lowest BCUT2D eigenvalue weighted by molar-refractivity contribution is -0.0341. The Balaban J connectivity index is 2.29. The maximum absolute atomic E-state index is 12.9. The molecule has 1 aromatic carbocycles. The molecule has 0 fully saturated rings. The first-order chi connectivity index (χ1) is 10.1. The van der Waals surface area contributed by atoms with E-state index in [2.05, 4.69) is 0 Å². The Hall–Kier alpha value is -2.02. The van der Waals surface area contributed by atoms with E-state index in [0.29, 0.717) is 22.3 Å². The van der Waals surface area contributed by atoms with E-state index < -0.39 is 18.6 Å². The lowest BCUT2D eigenvalue weighted by atomic mass is 9.96. The monoisotopic (exact) mass is 300 g/mol. The highest BCUT2D eigenvalue weighted by molar-refractivity contribution is 5.94. The molecule has 0 bridgehead atoms. The number of hydrogen-bond donors (Lipinski definition) is 1. The van der Waals surface area contributed by atoms with E-state index in [9.17, 15) is 13.9 Å². The van der Waals surface area contributed by atoms with E-state index in [1.54, 1.807) is 6.07 Å². The Morgan fingerprint density at radius 3 is 2.62 bits per heavy atom. The first kappa shape index (κ1) is 13.9. The molecule has 2 atom stereocenters. The van der Waals surface area contributed by atoms with Gasteiger partial charge in [0.05, 0.1) is 37.5 Å². The largest absolute Gasteiger partial charge is 0.495 e. The van der Waals surface area contributed by atoms with Gasteiger partial charge in [-0.25, -0.2) is 8.78 Å². The number of hydrogen-bond acceptors (Lipinski definition) is 5. The molecule has 0 aliphatic carbocycles. The number of halogens is 2. The third-order valence-electron chi connectivity index (χ3n) is 3.56. The van der Waals surface area contributed by atoms with Crippen LogP contribution < -0.4 is 14.2 Å². The van der Waals surface area contributed by atoms with Crippen LogP contribution >= 0.6 is 0 Å². The number of alkyl halides is 2. The smallest absolute Gasteiger partial charge is 0.274 e. The second-order valence-electron chi connectivity index (χ2n) is 4.71. The van der Waals surface area contributed by atoms with E-state index in [0.717, 1.165) is 0 Å². The van der Waals surface area contributed by atoms with Crippen LogP contribution in [0, 0.1) is 0 Å². The van der Waals surface area contributed by atoms with Gasteiger partial charge in [-0.3, -0.25) is 0 Å². The van der Waals surface area contributed by atoms with E-state index in [1.807, 2.05) is 0 Å². The van der Waals surface area contributed by atoms with Crippen molar-refractivity contribution in [1.29, 1.82) is 0 Å². The van der Waals surface area contributed by atoms with Gasteiger partial charge in [0.1, 0.15) is 5.75 Å². The van der Waals surface area contributed by atoms with E-state index in [1.165, 1.54) is 20.5 Å². The van der Waals surface area contributed by atoms with Crippen molar-refractivity contribution in [2.45, 2.75) is 25.1 Å². The van der Waals surface area contributed by atoms with Gasteiger partial charge in [0, 0.05) is 6.42 Å². The fourth-order valence-electron chi connectivity index (χ4n) is 2.65. The van der Waals surface area contributed by atoms with Crippen molar-refractivity contribution in [3.05, 3.63) is 17.9 Å². The van der Waals surface area contributed by atoms with Gasteiger partial charge >= 0.3 is 0 Å². The maximum atomic E-state index is 12.9. The summed E-state index contributed by atoms with van der Waals surface area (Å²) in [5, 5.41) is 10.8. The molecule has 7 heteroatoms. The summed E-state index contributed by atoms with van der Waals surface area (Å²) in [4.78, 5) is 0. The van der Waals surface area contributed by atoms with Gasteiger partial charge in [-0.15, -0.1) is 0 Å². The first-order valence-corrected chi connectivity index (χ1v) is 6.36.